The summed E-state index contributed by atoms with van der Waals surface area (Å²) in [5, 5.41) is 3.61. The van der Waals surface area contributed by atoms with Gasteiger partial charge in [-0.25, -0.2) is 4.98 Å². The molecule has 0 unspecified atom stereocenters. The molecule has 0 amide bonds. The second kappa shape index (κ2) is 6.80. The molecule has 1 saturated carbocycles. The van der Waals surface area contributed by atoms with Crippen LogP contribution < -0.4 is 5.32 Å². The second-order valence-corrected chi connectivity index (χ2v) is 5.28. The summed E-state index contributed by atoms with van der Waals surface area (Å²) in [7, 11) is 0. The van der Waals surface area contributed by atoms with Crippen LogP contribution in [0.15, 0.2) is 12.4 Å². The fourth-order valence-corrected chi connectivity index (χ4v) is 2.78. The number of aromatic nitrogens is 2. The molecule has 17 heavy (non-hydrogen) atoms. The summed E-state index contributed by atoms with van der Waals surface area (Å²) in [6.45, 7) is 3.17. The number of nitrogens with zero attached hydrogens (tertiary/aromatic N) is 1. The van der Waals surface area contributed by atoms with Crippen molar-refractivity contribution in [3.63, 3.8) is 0 Å². The van der Waals surface area contributed by atoms with Crippen LogP contribution in [0, 0.1) is 5.92 Å². The van der Waals surface area contributed by atoms with E-state index in [-0.39, 0.29) is 0 Å². The lowest BCUT2D eigenvalue weighted by Crippen LogP contribution is -2.33. The van der Waals surface area contributed by atoms with Crippen LogP contribution in [0.4, 0.5) is 0 Å². The largest absolute Gasteiger partial charge is 0.348 e. The SMILES string of the molecule is CCCCC1CCC(NCc2ncc[nH]2)CC1. The zero-order valence-electron chi connectivity index (χ0n) is 10.9. The average Bonchev–Trinajstić information content (AvgIpc) is 2.88. The molecular formula is C14H25N3. The van der Waals surface area contributed by atoms with Crippen molar-refractivity contribution in [3.8, 4) is 0 Å². The molecule has 0 saturated heterocycles. The van der Waals surface area contributed by atoms with Crippen molar-refractivity contribution in [2.75, 3.05) is 0 Å². The Morgan fingerprint density at radius 2 is 2.18 bits per heavy atom. The lowest BCUT2D eigenvalue weighted by atomic mass is 9.83. The zero-order valence-corrected chi connectivity index (χ0v) is 10.9. The van der Waals surface area contributed by atoms with Crippen molar-refractivity contribution in [2.24, 2.45) is 5.92 Å². The number of hydrogen-bond donors (Lipinski definition) is 2. The van der Waals surface area contributed by atoms with Gasteiger partial charge in [-0.3, -0.25) is 0 Å². The van der Waals surface area contributed by atoms with E-state index < -0.39 is 0 Å². The van der Waals surface area contributed by atoms with E-state index in [0.29, 0.717) is 6.04 Å². The van der Waals surface area contributed by atoms with Crippen molar-refractivity contribution in [1.82, 2.24) is 15.3 Å². The molecule has 1 aromatic heterocycles. The standard InChI is InChI=1S/C14H25N3/c1-2-3-4-12-5-7-13(8-6-12)17-11-14-15-9-10-16-14/h9-10,12-13,17H,2-8,11H2,1H3,(H,15,16). The van der Waals surface area contributed by atoms with E-state index in [0.717, 1.165) is 18.3 Å². The number of aromatic amines is 1. The highest BCUT2D eigenvalue weighted by molar-refractivity contribution is 4.87. The molecule has 0 spiro atoms. The van der Waals surface area contributed by atoms with Crippen LogP contribution in [0.25, 0.3) is 0 Å². The molecule has 0 radical (unpaired) electrons. The van der Waals surface area contributed by atoms with Gasteiger partial charge in [-0.05, 0) is 31.6 Å². The maximum absolute atomic E-state index is 4.24. The van der Waals surface area contributed by atoms with Crippen LogP contribution in [0.1, 0.15) is 57.7 Å². The first-order chi connectivity index (χ1) is 8.38. The summed E-state index contributed by atoms with van der Waals surface area (Å²) in [4.78, 5) is 7.38. The molecule has 3 nitrogen and oxygen atoms in total. The first-order valence-electron chi connectivity index (χ1n) is 7.10. The minimum atomic E-state index is 0.706. The van der Waals surface area contributed by atoms with Gasteiger partial charge >= 0.3 is 0 Å². The molecule has 1 aliphatic rings. The normalized spacial score (nSPS) is 25.0. The van der Waals surface area contributed by atoms with Crippen LogP contribution in [0.3, 0.4) is 0 Å². The molecule has 1 fully saturated rings. The van der Waals surface area contributed by atoms with Crippen molar-refractivity contribution in [3.05, 3.63) is 18.2 Å². The molecule has 96 valence electrons. The Morgan fingerprint density at radius 3 is 2.82 bits per heavy atom. The maximum Gasteiger partial charge on any atom is 0.120 e. The number of nitrogens with one attached hydrogen (secondary N) is 2. The Kier molecular flexibility index (Phi) is 5.05. The van der Waals surface area contributed by atoms with Gasteiger partial charge in [0, 0.05) is 18.4 Å². The minimum Gasteiger partial charge on any atom is -0.348 e. The highest BCUT2D eigenvalue weighted by atomic mass is 15.0. The zero-order chi connectivity index (χ0) is 11.9. The van der Waals surface area contributed by atoms with Gasteiger partial charge in [0.15, 0.2) is 0 Å². The number of imidazole rings is 1. The average molecular weight is 235 g/mol. The molecule has 0 bridgehead atoms. The van der Waals surface area contributed by atoms with Gasteiger partial charge in [-0.15, -0.1) is 0 Å². The summed E-state index contributed by atoms with van der Waals surface area (Å²) in [5.41, 5.74) is 0. The van der Waals surface area contributed by atoms with Crippen LogP contribution >= 0.6 is 0 Å². The summed E-state index contributed by atoms with van der Waals surface area (Å²) in [6, 6.07) is 0.706. The summed E-state index contributed by atoms with van der Waals surface area (Å²) >= 11 is 0. The first kappa shape index (κ1) is 12.6. The highest BCUT2D eigenvalue weighted by Crippen LogP contribution is 2.28. The van der Waals surface area contributed by atoms with Crippen molar-refractivity contribution in [1.29, 1.82) is 0 Å². The van der Waals surface area contributed by atoms with E-state index >= 15 is 0 Å². The summed E-state index contributed by atoms with van der Waals surface area (Å²) in [5.74, 6) is 2.05. The van der Waals surface area contributed by atoms with Gasteiger partial charge in [-0.2, -0.15) is 0 Å². The Morgan fingerprint density at radius 1 is 1.35 bits per heavy atom. The molecule has 0 aliphatic heterocycles. The van der Waals surface area contributed by atoms with Crippen LogP contribution in [-0.2, 0) is 6.54 Å². The lowest BCUT2D eigenvalue weighted by molar-refractivity contribution is 0.274. The topological polar surface area (TPSA) is 40.7 Å². The number of hydrogen-bond acceptors (Lipinski definition) is 2. The fraction of sp³-hybridized carbons (Fsp3) is 0.786. The van der Waals surface area contributed by atoms with E-state index in [1.807, 2.05) is 12.4 Å². The predicted octanol–water partition coefficient (Wildman–Crippen LogP) is 3.25. The van der Waals surface area contributed by atoms with Gasteiger partial charge < -0.3 is 10.3 Å². The van der Waals surface area contributed by atoms with E-state index in [9.17, 15) is 0 Å². The molecule has 2 N–H and O–H groups in total. The van der Waals surface area contributed by atoms with Crippen molar-refractivity contribution < 1.29 is 0 Å². The molecule has 3 heteroatoms. The monoisotopic (exact) mass is 235 g/mol. The van der Waals surface area contributed by atoms with Crippen molar-refractivity contribution >= 4 is 0 Å². The fourth-order valence-electron chi connectivity index (χ4n) is 2.78. The quantitative estimate of drug-likeness (QED) is 0.794. The third kappa shape index (κ3) is 4.15. The van der Waals surface area contributed by atoms with E-state index in [1.165, 1.54) is 44.9 Å². The van der Waals surface area contributed by atoms with E-state index in [1.54, 1.807) is 0 Å². The number of rotatable bonds is 6. The van der Waals surface area contributed by atoms with E-state index in [4.69, 9.17) is 0 Å². The maximum atomic E-state index is 4.24. The first-order valence-corrected chi connectivity index (χ1v) is 7.10. The highest BCUT2D eigenvalue weighted by Gasteiger charge is 2.20. The van der Waals surface area contributed by atoms with Crippen LogP contribution in [-0.4, -0.2) is 16.0 Å². The number of H-pyrrole nitrogens is 1. The van der Waals surface area contributed by atoms with E-state index in [2.05, 4.69) is 22.2 Å². The molecule has 1 aliphatic carbocycles. The lowest BCUT2D eigenvalue weighted by Gasteiger charge is -2.29. The third-order valence-corrected chi connectivity index (χ3v) is 3.93. The Hall–Kier alpha value is -0.830. The van der Waals surface area contributed by atoms with Gasteiger partial charge in [-0.1, -0.05) is 26.2 Å². The molecule has 0 atom stereocenters. The Balaban J connectivity index is 1.62. The van der Waals surface area contributed by atoms with Gasteiger partial charge in [0.25, 0.3) is 0 Å². The molecular weight excluding hydrogens is 210 g/mol. The van der Waals surface area contributed by atoms with Crippen molar-refractivity contribution in [2.45, 2.75) is 64.5 Å². The molecule has 1 aromatic rings. The second-order valence-electron chi connectivity index (χ2n) is 5.28. The van der Waals surface area contributed by atoms with Gasteiger partial charge in [0.2, 0.25) is 0 Å². The minimum absolute atomic E-state index is 0.706. The smallest absolute Gasteiger partial charge is 0.120 e. The third-order valence-electron chi connectivity index (χ3n) is 3.93. The van der Waals surface area contributed by atoms with Gasteiger partial charge in [0.1, 0.15) is 5.82 Å². The summed E-state index contributed by atoms with van der Waals surface area (Å²) in [6.07, 6.45) is 13.4. The van der Waals surface area contributed by atoms with Gasteiger partial charge in [0.05, 0.1) is 6.54 Å². The molecule has 2 rings (SSSR count). The number of unbranched alkanes of at least 4 members (excludes halogenated alkanes) is 1. The molecule has 0 aromatic carbocycles. The molecule has 1 heterocycles. The predicted molar refractivity (Wildman–Crippen MR) is 70.7 cm³/mol. The Bertz CT molecular complexity index is 286. The van der Waals surface area contributed by atoms with Crippen LogP contribution in [0.5, 0.6) is 0 Å². The van der Waals surface area contributed by atoms with Crippen LogP contribution in [0.2, 0.25) is 0 Å². The Labute approximate surface area is 104 Å². The summed E-state index contributed by atoms with van der Waals surface area (Å²) < 4.78 is 0.